The van der Waals surface area contributed by atoms with Crippen LogP contribution in [0.3, 0.4) is 0 Å². The number of nitrogens with one attached hydrogen (secondary N) is 1. The SMILES string of the molecule is CCOC(=O)c1ccc(NC(=O)/C(C#N)=C\c2ccc(OC(C)C)c(OC)c2)cc1. The van der Waals surface area contributed by atoms with E-state index in [1.54, 1.807) is 49.4 Å². The van der Waals surface area contributed by atoms with E-state index < -0.39 is 11.9 Å². The van der Waals surface area contributed by atoms with Crippen LogP contribution in [0.1, 0.15) is 36.7 Å². The van der Waals surface area contributed by atoms with E-state index in [1.165, 1.54) is 13.2 Å². The van der Waals surface area contributed by atoms with Gasteiger partial charge in [-0.2, -0.15) is 5.26 Å². The molecule has 2 aromatic carbocycles. The third-order valence-corrected chi connectivity index (χ3v) is 3.88. The molecule has 0 aliphatic carbocycles. The lowest BCUT2D eigenvalue weighted by molar-refractivity contribution is -0.112. The number of carbonyl (C=O) groups is 2. The van der Waals surface area contributed by atoms with Crippen LogP contribution >= 0.6 is 0 Å². The Morgan fingerprint density at radius 1 is 1.13 bits per heavy atom. The summed E-state index contributed by atoms with van der Waals surface area (Å²) in [7, 11) is 1.52. The van der Waals surface area contributed by atoms with Crippen LogP contribution in [0, 0.1) is 11.3 Å². The highest BCUT2D eigenvalue weighted by atomic mass is 16.5. The molecule has 0 unspecified atom stereocenters. The Kier molecular flexibility index (Phi) is 8.00. The molecule has 0 radical (unpaired) electrons. The highest BCUT2D eigenvalue weighted by molar-refractivity contribution is 6.09. The Bertz CT molecular complexity index is 972. The molecule has 0 atom stereocenters. The first kappa shape index (κ1) is 22.5. The molecule has 30 heavy (non-hydrogen) atoms. The number of benzene rings is 2. The fourth-order valence-electron chi connectivity index (χ4n) is 2.54. The van der Waals surface area contributed by atoms with Crippen molar-refractivity contribution in [1.82, 2.24) is 0 Å². The summed E-state index contributed by atoms with van der Waals surface area (Å²) in [6, 6.07) is 13.3. The number of amides is 1. The van der Waals surface area contributed by atoms with E-state index >= 15 is 0 Å². The normalized spacial score (nSPS) is 10.9. The van der Waals surface area contributed by atoms with Crippen molar-refractivity contribution < 1.29 is 23.8 Å². The predicted molar refractivity (Wildman–Crippen MR) is 113 cm³/mol. The third-order valence-electron chi connectivity index (χ3n) is 3.88. The van der Waals surface area contributed by atoms with E-state index in [9.17, 15) is 14.9 Å². The van der Waals surface area contributed by atoms with E-state index in [2.05, 4.69) is 5.32 Å². The zero-order valence-electron chi connectivity index (χ0n) is 17.4. The maximum absolute atomic E-state index is 12.5. The Balaban J connectivity index is 2.17. The molecule has 0 heterocycles. The van der Waals surface area contributed by atoms with Gasteiger partial charge in [0, 0.05) is 5.69 Å². The standard InChI is InChI=1S/C23H24N2O5/c1-5-29-23(27)17-7-9-19(10-8-17)25-22(26)18(14-24)12-16-6-11-20(30-15(2)3)21(13-16)28-4/h6-13,15H,5H2,1-4H3,(H,25,26)/b18-12-. The summed E-state index contributed by atoms with van der Waals surface area (Å²) in [5.41, 5.74) is 1.37. The molecule has 2 aromatic rings. The minimum absolute atomic E-state index is 0.0176. The predicted octanol–water partition coefficient (Wildman–Crippen LogP) is 4.20. The maximum atomic E-state index is 12.5. The molecule has 0 saturated heterocycles. The number of rotatable bonds is 8. The van der Waals surface area contributed by atoms with Crippen LogP contribution in [0.25, 0.3) is 6.08 Å². The number of ether oxygens (including phenoxy) is 3. The number of nitrogens with zero attached hydrogens (tertiary/aromatic N) is 1. The summed E-state index contributed by atoms with van der Waals surface area (Å²) < 4.78 is 15.9. The molecule has 0 spiro atoms. The first-order chi connectivity index (χ1) is 14.4. The van der Waals surface area contributed by atoms with E-state index in [1.807, 2.05) is 19.9 Å². The Labute approximate surface area is 175 Å². The molecule has 7 heteroatoms. The quantitative estimate of drug-likeness (QED) is 0.399. The third kappa shape index (κ3) is 6.11. The monoisotopic (exact) mass is 408 g/mol. The van der Waals surface area contributed by atoms with Crippen LogP contribution < -0.4 is 14.8 Å². The lowest BCUT2D eigenvalue weighted by Gasteiger charge is -2.14. The van der Waals surface area contributed by atoms with Crippen molar-refractivity contribution >= 4 is 23.6 Å². The van der Waals surface area contributed by atoms with Gasteiger partial charge in [0.15, 0.2) is 11.5 Å². The van der Waals surface area contributed by atoms with Gasteiger partial charge in [0.25, 0.3) is 5.91 Å². The number of carbonyl (C=O) groups excluding carboxylic acids is 2. The highest BCUT2D eigenvalue weighted by Gasteiger charge is 2.13. The van der Waals surface area contributed by atoms with Gasteiger partial charge < -0.3 is 19.5 Å². The molecule has 0 saturated carbocycles. The van der Waals surface area contributed by atoms with Crippen LogP contribution in [0.5, 0.6) is 11.5 Å². The molecule has 0 aliphatic heterocycles. The Hall–Kier alpha value is -3.79. The van der Waals surface area contributed by atoms with Crippen molar-refractivity contribution in [3.63, 3.8) is 0 Å². The van der Waals surface area contributed by atoms with Gasteiger partial charge in [-0.15, -0.1) is 0 Å². The average molecular weight is 408 g/mol. The lowest BCUT2D eigenvalue weighted by Crippen LogP contribution is -2.13. The van der Waals surface area contributed by atoms with Gasteiger partial charge in [-0.1, -0.05) is 6.07 Å². The number of hydrogen-bond acceptors (Lipinski definition) is 6. The number of esters is 1. The maximum Gasteiger partial charge on any atom is 0.338 e. The van der Waals surface area contributed by atoms with E-state index in [0.717, 1.165) is 0 Å². The molecular weight excluding hydrogens is 384 g/mol. The Morgan fingerprint density at radius 3 is 2.40 bits per heavy atom. The van der Waals surface area contributed by atoms with Crippen molar-refractivity contribution in [2.24, 2.45) is 0 Å². The van der Waals surface area contributed by atoms with Gasteiger partial charge in [-0.3, -0.25) is 4.79 Å². The molecule has 1 N–H and O–H groups in total. The van der Waals surface area contributed by atoms with Gasteiger partial charge >= 0.3 is 5.97 Å². The van der Waals surface area contributed by atoms with Gasteiger partial charge in [0.05, 0.1) is 25.4 Å². The van der Waals surface area contributed by atoms with E-state index in [0.29, 0.717) is 28.3 Å². The molecule has 156 valence electrons. The number of anilines is 1. The van der Waals surface area contributed by atoms with Crippen molar-refractivity contribution in [1.29, 1.82) is 5.26 Å². The number of nitriles is 1. The van der Waals surface area contributed by atoms with Crippen LogP contribution in [0.4, 0.5) is 5.69 Å². The zero-order valence-corrected chi connectivity index (χ0v) is 17.4. The fraction of sp³-hybridized carbons (Fsp3) is 0.261. The molecular formula is C23H24N2O5. The zero-order chi connectivity index (χ0) is 22.1. The highest BCUT2D eigenvalue weighted by Crippen LogP contribution is 2.29. The largest absolute Gasteiger partial charge is 0.493 e. The Morgan fingerprint density at radius 2 is 1.83 bits per heavy atom. The second-order valence-electron chi connectivity index (χ2n) is 6.50. The summed E-state index contributed by atoms with van der Waals surface area (Å²) in [6.07, 6.45) is 1.44. The van der Waals surface area contributed by atoms with E-state index in [4.69, 9.17) is 14.2 Å². The molecule has 1 amide bonds. The van der Waals surface area contributed by atoms with Crippen LogP contribution in [0.15, 0.2) is 48.0 Å². The summed E-state index contributed by atoms with van der Waals surface area (Å²) in [4.78, 5) is 24.2. The summed E-state index contributed by atoms with van der Waals surface area (Å²) >= 11 is 0. The minimum atomic E-state index is -0.567. The fourth-order valence-corrected chi connectivity index (χ4v) is 2.54. The van der Waals surface area contributed by atoms with Crippen molar-refractivity contribution in [2.45, 2.75) is 26.9 Å². The average Bonchev–Trinajstić information content (AvgIpc) is 2.73. The van der Waals surface area contributed by atoms with Gasteiger partial charge in [0.1, 0.15) is 11.6 Å². The first-order valence-electron chi connectivity index (χ1n) is 9.43. The molecule has 0 bridgehead atoms. The van der Waals surface area contributed by atoms with Gasteiger partial charge in [-0.05, 0) is 68.8 Å². The van der Waals surface area contributed by atoms with Crippen molar-refractivity contribution in [3.8, 4) is 17.6 Å². The minimum Gasteiger partial charge on any atom is -0.493 e. The number of methoxy groups -OCH3 is 1. The van der Waals surface area contributed by atoms with Gasteiger partial charge in [0.2, 0.25) is 0 Å². The van der Waals surface area contributed by atoms with Crippen LogP contribution in [-0.2, 0) is 9.53 Å². The smallest absolute Gasteiger partial charge is 0.338 e. The summed E-state index contributed by atoms with van der Waals surface area (Å²) in [5.74, 6) is 0.0775. The van der Waals surface area contributed by atoms with E-state index in [-0.39, 0.29) is 18.3 Å². The first-order valence-corrected chi connectivity index (χ1v) is 9.43. The van der Waals surface area contributed by atoms with Crippen LogP contribution in [0.2, 0.25) is 0 Å². The summed E-state index contributed by atoms with van der Waals surface area (Å²) in [5, 5.41) is 12.1. The van der Waals surface area contributed by atoms with Crippen molar-refractivity contribution in [2.75, 3.05) is 19.0 Å². The molecule has 0 aliphatic rings. The van der Waals surface area contributed by atoms with Crippen LogP contribution in [-0.4, -0.2) is 31.7 Å². The van der Waals surface area contributed by atoms with Gasteiger partial charge in [-0.25, -0.2) is 4.79 Å². The molecule has 2 rings (SSSR count). The van der Waals surface area contributed by atoms with Crippen molar-refractivity contribution in [3.05, 3.63) is 59.2 Å². The second-order valence-corrected chi connectivity index (χ2v) is 6.50. The second kappa shape index (κ2) is 10.7. The lowest BCUT2D eigenvalue weighted by atomic mass is 10.1. The number of hydrogen-bond donors (Lipinski definition) is 1. The molecule has 7 nitrogen and oxygen atoms in total. The molecule has 0 fully saturated rings. The topological polar surface area (TPSA) is 97.7 Å². The summed E-state index contributed by atoms with van der Waals surface area (Å²) in [6.45, 7) is 5.82. The molecule has 0 aromatic heterocycles.